The number of hydrogen-bond acceptors (Lipinski definition) is 7. The molecule has 2 aliphatic heterocycles. The summed E-state index contributed by atoms with van der Waals surface area (Å²) in [6, 6.07) is 0.129. The zero-order valence-corrected chi connectivity index (χ0v) is 17.8. The Morgan fingerprint density at radius 1 is 1.45 bits per heavy atom. The Bertz CT molecular complexity index is 909. The number of amides is 2. The standard InChI is InChI=1S/C20H27N5O3S/c1-13-16-18(21-7-4-9-25-8-3-5-15(25)26)22-12-23-19(16)29-17(13)20(27)24(2)14-6-10-28-11-14/h12,14H,3-11H2,1-2H3,(H,21,22,23). The van der Waals surface area contributed by atoms with Crippen LogP contribution in [-0.2, 0) is 9.53 Å². The summed E-state index contributed by atoms with van der Waals surface area (Å²) in [6.07, 6.45) is 4.90. The van der Waals surface area contributed by atoms with E-state index in [9.17, 15) is 9.59 Å². The molecule has 156 valence electrons. The van der Waals surface area contributed by atoms with Gasteiger partial charge in [-0.25, -0.2) is 9.97 Å². The molecule has 0 radical (unpaired) electrons. The highest BCUT2D eigenvalue weighted by atomic mass is 32.1. The van der Waals surface area contributed by atoms with Gasteiger partial charge in [-0.15, -0.1) is 11.3 Å². The Morgan fingerprint density at radius 3 is 3.03 bits per heavy atom. The number of ether oxygens (including phenoxy) is 1. The predicted molar refractivity (Wildman–Crippen MR) is 112 cm³/mol. The second-order valence-corrected chi connectivity index (χ2v) is 8.66. The molecule has 2 aliphatic rings. The molecule has 4 heterocycles. The lowest BCUT2D eigenvalue weighted by Gasteiger charge is -2.22. The fraction of sp³-hybridized carbons (Fsp3) is 0.600. The minimum absolute atomic E-state index is 0.0134. The van der Waals surface area contributed by atoms with Gasteiger partial charge in [0.1, 0.15) is 17.0 Å². The first kappa shape index (κ1) is 20.0. The van der Waals surface area contributed by atoms with Crippen LogP contribution in [0.15, 0.2) is 6.33 Å². The molecule has 2 fully saturated rings. The monoisotopic (exact) mass is 417 g/mol. The van der Waals surface area contributed by atoms with Crippen molar-refractivity contribution in [3.05, 3.63) is 16.8 Å². The molecule has 0 bridgehead atoms. The number of likely N-dealkylation sites (tertiary alicyclic amines) is 1. The number of fused-ring (bicyclic) bond motifs is 1. The Balaban J connectivity index is 1.46. The van der Waals surface area contributed by atoms with E-state index in [-0.39, 0.29) is 17.9 Å². The van der Waals surface area contributed by atoms with E-state index in [0.29, 0.717) is 31.1 Å². The molecular weight excluding hydrogens is 390 g/mol. The minimum Gasteiger partial charge on any atom is -0.379 e. The molecular formula is C20H27N5O3S. The minimum atomic E-state index is 0.0134. The van der Waals surface area contributed by atoms with Crippen molar-refractivity contribution in [3.63, 3.8) is 0 Å². The summed E-state index contributed by atoms with van der Waals surface area (Å²) in [6.45, 7) is 5.61. The van der Waals surface area contributed by atoms with Crippen molar-refractivity contribution in [2.75, 3.05) is 45.2 Å². The molecule has 0 spiro atoms. The summed E-state index contributed by atoms with van der Waals surface area (Å²) in [5.74, 6) is 1.02. The Morgan fingerprint density at radius 2 is 2.31 bits per heavy atom. The third-order valence-electron chi connectivity index (χ3n) is 5.76. The van der Waals surface area contributed by atoms with Crippen LogP contribution in [0.25, 0.3) is 10.2 Å². The van der Waals surface area contributed by atoms with Gasteiger partial charge in [0.2, 0.25) is 5.91 Å². The van der Waals surface area contributed by atoms with Gasteiger partial charge >= 0.3 is 0 Å². The number of hydrogen-bond donors (Lipinski definition) is 1. The number of aryl methyl sites for hydroxylation is 1. The summed E-state index contributed by atoms with van der Waals surface area (Å²) < 4.78 is 5.42. The number of carbonyl (C=O) groups excluding carboxylic acids is 2. The Hall–Kier alpha value is -2.26. The van der Waals surface area contributed by atoms with E-state index in [1.54, 1.807) is 4.90 Å². The van der Waals surface area contributed by atoms with Crippen molar-refractivity contribution >= 4 is 39.2 Å². The molecule has 0 saturated carbocycles. The Labute approximate surface area is 174 Å². The summed E-state index contributed by atoms with van der Waals surface area (Å²) in [5, 5.41) is 4.29. The van der Waals surface area contributed by atoms with Gasteiger partial charge in [0.05, 0.1) is 22.9 Å². The van der Waals surface area contributed by atoms with Crippen LogP contribution in [0.2, 0.25) is 0 Å². The van der Waals surface area contributed by atoms with Crippen molar-refractivity contribution in [1.82, 2.24) is 19.8 Å². The van der Waals surface area contributed by atoms with Crippen molar-refractivity contribution < 1.29 is 14.3 Å². The summed E-state index contributed by atoms with van der Waals surface area (Å²) >= 11 is 1.42. The van der Waals surface area contributed by atoms with Crippen molar-refractivity contribution in [3.8, 4) is 0 Å². The first-order valence-electron chi connectivity index (χ1n) is 10.2. The van der Waals surface area contributed by atoms with E-state index < -0.39 is 0 Å². The molecule has 29 heavy (non-hydrogen) atoms. The SMILES string of the molecule is Cc1c(C(=O)N(C)C2CCOC2)sc2ncnc(NCCCN3CCCC3=O)c12. The number of rotatable bonds is 7. The van der Waals surface area contributed by atoms with Crippen molar-refractivity contribution in [1.29, 1.82) is 0 Å². The van der Waals surface area contributed by atoms with E-state index >= 15 is 0 Å². The van der Waals surface area contributed by atoms with E-state index in [4.69, 9.17) is 4.74 Å². The fourth-order valence-corrected chi connectivity index (χ4v) is 5.11. The first-order valence-corrected chi connectivity index (χ1v) is 11.0. The molecule has 1 unspecified atom stereocenters. The second kappa shape index (κ2) is 8.62. The molecule has 1 atom stereocenters. The lowest BCUT2D eigenvalue weighted by Crippen LogP contribution is -2.37. The molecule has 2 aromatic rings. The predicted octanol–water partition coefficient (Wildman–Crippen LogP) is 2.29. The number of thiophene rings is 1. The molecule has 0 aliphatic carbocycles. The van der Waals surface area contributed by atoms with Crippen LogP contribution >= 0.6 is 11.3 Å². The topological polar surface area (TPSA) is 87.7 Å². The van der Waals surface area contributed by atoms with Gasteiger partial charge in [0, 0.05) is 39.7 Å². The zero-order chi connectivity index (χ0) is 20.4. The largest absolute Gasteiger partial charge is 0.379 e. The summed E-state index contributed by atoms with van der Waals surface area (Å²) in [7, 11) is 1.84. The van der Waals surface area contributed by atoms with Crippen LogP contribution in [0.3, 0.4) is 0 Å². The number of nitrogens with one attached hydrogen (secondary N) is 1. The first-order chi connectivity index (χ1) is 14.1. The van der Waals surface area contributed by atoms with Gasteiger partial charge < -0.3 is 19.9 Å². The second-order valence-electron chi connectivity index (χ2n) is 7.66. The molecule has 2 saturated heterocycles. The fourth-order valence-electron chi connectivity index (χ4n) is 3.98. The van der Waals surface area contributed by atoms with Gasteiger partial charge in [-0.3, -0.25) is 9.59 Å². The smallest absolute Gasteiger partial charge is 0.264 e. The van der Waals surface area contributed by atoms with E-state index in [1.807, 2.05) is 18.9 Å². The van der Waals surface area contributed by atoms with E-state index in [1.165, 1.54) is 17.7 Å². The Kier molecular flexibility index (Phi) is 5.96. The van der Waals surface area contributed by atoms with Crippen LogP contribution < -0.4 is 5.32 Å². The molecule has 9 heteroatoms. The van der Waals surface area contributed by atoms with Gasteiger partial charge in [0.25, 0.3) is 5.91 Å². The normalized spacial score (nSPS) is 19.3. The number of anilines is 1. The summed E-state index contributed by atoms with van der Waals surface area (Å²) in [4.78, 5) is 38.8. The molecule has 1 N–H and O–H groups in total. The molecule has 2 aromatic heterocycles. The van der Waals surface area contributed by atoms with E-state index in [0.717, 1.165) is 53.9 Å². The maximum absolute atomic E-state index is 13.0. The van der Waals surface area contributed by atoms with Crippen LogP contribution in [0.1, 0.15) is 40.9 Å². The van der Waals surface area contributed by atoms with Crippen molar-refractivity contribution in [2.45, 2.75) is 38.6 Å². The highest BCUT2D eigenvalue weighted by Crippen LogP contribution is 2.34. The lowest BCUT2D eigenvalue weighted by molar-refractivity contribution is -0.127. The zero-order valence-electron chi connectivity index (χ0n) is 16.9. The molecule has 0 aromatic carbocycles. The average molecular weight is 418 g/mol. The van der Waals surface area contributed by atoms with Crippen LogP contribution in [0.4, 0.5) is 5.82 Å². The van der Waals surface area contributed by atoms with Gasteiger partial charge in [-0.05, 0) is 31.7 Å². The van der Waals surface area contributed by atoms with E-state index in [2.05, 4.69) is 15.3 Å². The third-order valence-corrected chi connectivity index (χ3v) is 6.95. The van der Waals surface area contributed by atoms with Crippen LogP contribution in [-0.4, -0.2) is 77.5 Å². The highest BCUT2D eigenvalue weighted by molar-refractivity contribution is 7.20. The maximum atomic E-state index is 13.0. The van der Waals surface area contributed by atoms with Gasteiger partial charge in [-0.2, -0.15) is 0 Å². The van der Waals surface area contributed by atoms with Crippen molar-refractivity contribution in [2.24, 2.45) is 0 Å². The maximum Gasteiger partial charge on any atom is 0.264 e. The van der Waals surface area contributed by atoms with Gasteiger partial charge in [0.15, 0.2) is 0 Å². The average Bonchev–Trinajstić information content (AvgIpc) is 3.46. The quantitative estimate of drug-likeness (QED) is 0.696. The van der Waals surface area contributed by atoms with Crippen LogP contribution in [0, 0.1) is 6.92 Å². The van der Waals surface area contributed by atoms with Crippen LogP contribution in [0.5, 0.6) is 0 Å². The number of likely N-dealkylation sites (N-methyl/N-ethyl adjacent to an activating group) is 1. The number of aromatic nitrogens is 2. The van der Waals surface area contributed by atoms with Gasteiger partial charge in [-0.1, -0.05) is 0 Å². The molecule has 2 amide bonds. The lowest BCUT2D eigenvalue weighted by atomic mass is 10.1. The third kappa shape index (κ3) is 4.06. The highest BCUT2D eigenvalue weighted by Gasteiger charge is 2.28. The molecule has 8 nitrogen and oxygen atoms in total. The number of nitrogens with zero attached hydrogens (tertiary/aromatic N) is 4. The summed E-state index contributed by atoms with van der Waals surface area (Å²) in [5.41, 5.74) is 0.915. The number of carbonyl (C=O) groups is 2. The molecule has 4 rings (SSSR count).